The van der Waals surface area contributed by atoms with Crippen molar-refractivity contribution in [3.05, 3.63) is 21.9 Å². The number of hydrogen-bond acceptors (Lipinski definition) is 3. The van der Waals surface area contributed by atoms with Crippen LogP contribution in [-0.4, -0.2) is 25.8 Å². The lowest BCUT2D eigenvalue weighted by Gasteiger charge is -2.31. The molecule has 3 heteroatoms. The average Bonchev–Trinajstić information content (AvgIpc) is 2.92. The minimum absolute atomic E-state index is 0.632. The average molecular weight is 281 g/mol. The first kappa shape index (κ1) is 15.0. The SMILES string of the molecule is CCCNC(Cc1ccc(CC)s1)C1CCOCC1. The summed E-state index contributed by atoms with van der Waals surface area (Å²) < 4.78 is 5.50. The van der Waals surface area contributed by atoms with Crippen LogP contribution >= 0.6 is 11.3 Å². The van der Waals surface area contributed by atoms with Crippen LogP contribution in [0, 0.1) is 5.92 Å². The lowest BCUT2D eigenvalue weighted by Crippen LogP contribution is -2.40. The quantitative estimate of drug-likeness (QED) is 0.824. The van der Waals surface area contributed by atoms with Gasteiger partial charge in [-0.25, -0.2) is 0 Å². The zero-order valence-electron chi connectivity index (χ0n) is 12.3. The summed E-state index contributed by atoms with van der Waals surface area (Å²) in [5, 5.41) is 3.77. The zero-order valence-corrected chi connectivity index (χ0v) is 13.1. The van der Waals surface area contributed by atoms with E-state index in [1.54, 1.807) is 0 Å². The van der Waals surface area contributed by atoms with Crippen molar-refractivity contribution in [2.24, 2.45) is 5.92 Å². The first-order valence-corrected chi connectivity index (χ1v) is 8.53. The van der Waals surface area contributed by atoms with Gasteiger partial charge in [0.25, 0.3) is 0 Å². The maximum absolute atomic E-state index is 5.50. The second-order valence-electron chi connectivity index (χ2n) is 5.44. The Morgan fingerprint density at radius 3 is 2.63 bits per heavy atom. The van der Waals surface area contributed by atoms with Gasteiger partial charge in [-0.1, -0.05) is 13.8 Å². The van der Waals surface area contributed by atoms with E-state index in [4.69, 9.17) is 4.74 Å². The van der Waals surface area contributed by atoms with E-state index in [1.165, 1.54) is 35.4 Å². The van der Waals surface area contributed by atoms with E-state index in [2.05, 4.69) is 31.3 Å². The van der Waals surface area contributed by atoms with Crippen LogP contribution < -0.4 is 5.32 Å². The van der Waals surface area contributed by atoms with Gasteiger partial charge in [-0.05, 0) is 56.7 Å². The third-order valence-corrected chi connectivity index (χ3v) is 5.23. The summed E-state index contributed by atoms with van der Waals surface area (Å²) in [7, 11) is 0. The highest BCUT2D eigenvalue weighted by Gasteiger charge is 2.24. The molecule has 19 heavy (non-hydrogen) atoms. The maximum atomic E-state index is 5.50. The van der Waals surface area contributed by atoms with Crippen molar-refractivity contribution in [3.8, 4) is 0 Å². The molecule has 0 aromatic carbocycles. The van der Waals surface area contributed by atoms with Crippen molar-refractivity contribution in [2.45, 2.75) is 52.0 Å². The lowest BCUT2D eigenvalue weighted by atomic mass is 9.89. The summed E-state index contributed by atoms with van der Waals surface area (Å²) in [5.74, 6) is 0.785. The third-order valence-electron chi connectivity index (χ3n) is 3.98. The Morgan fingerprint density at radius 1 is 1.26 bits per heavy atom. The highest BCUT2D eigenvalue weighted by Crippen LogP contribution is 2.25. The standard InChI is InChI=1S/C16H27NOS/c1-3-9-17-16(13-7-10-18-11-8-13)12-15-6-5-14(4-2)19-15/h5-6,13,16-17H,3-4,7-12H2,1-2H3. The highest BCUT2D eigenvalue weighted by molar-refractivity contribution is 7.11. The molecule has 2 heterocycles. The van der Waals surface area contributed by atoms with Crippen LogP contribution in [0.5, 0.6) is 0 Å². The summed E-state index contributed by atoms with van der Waals surface area (Å²) >= 11 is 1.99. The molecule has 1 aliphatic heterocycles. The topological polar surface area (TPSA) is 21.3 Å². The molecule has 1 unspecified atom stereocenters. The van der Waals surface area contributed by atoms with Gasteiger partial charge in [-0.2, -0.15) is 0 Å². The van der Waals surface area contributed by atoms with E-state index in [-0.39, 0.29) is 0 Å². The third kappa shape index (κ3) is 4.59. The highest BCUT2D eigenvalue weighted by atomic mass is 32.1. The summed E-state index contributed by atoms with van der Waals surface area (Å²) in [6.07, 6.45) is 6.00. The van der Waals surface area contributed by atoms with Crippen molar-refractivity contribution < 1.29 is 4.74 Å². The minimum Gasteiger partial charge on any atom is -0.381 e. The molecule has 0 saturated carbocycles. The van der Waals surface area contributed by atoms with Gasteiger partial charge in [-0.3, -0.25) is 0 Å². The van der Waals surface area contributed by atoms with E-state index >= 15 is 0 Å². The van der Waals surface area contributed by atoms with Crippen molar-refractivity contribution in [1.29, 1.82) is 0 Å². The molecule has 108 valence electrons. The van der Waals surface area contributed by atoms with Gasteiger partial charge in [0.2, 0.25) is 0 Å². The van der Waals surface area contributed by atoms with E-state index in [9.17, 15) is 0 Å². The van der Waals surface area contributed by atoms with Gasteiger partial charge >= 0.3 is 0 Å². The first-order valence-electron chi connectivity index (χ1n) is 7.72. The van der Waals surface area contributed by atoms with E-state index in [1.807, 2.05) is 11.3 Å². The normalized spacial score (nSPS) is 18.6. The van der Waals surface area contributed by atoms with Gasteiger partial charge in [0, 0.05) is 29.0 Å². The Kier molecular flexibility index (Phi) is 6.35. The molecule has 1 saturated heterocycles. The summed E-state index contributed by atoms with van der Waals surface area (Å²) in [6.45, 7) is 7.50. The maximum Gasteiger partial charge on any atom is 0.0469 e. The number of nitrogens with one attached hydrogen (secondary N) is 1. The molecule has 0 aliphatic carbocycles. The first-order chi connectivity index (χ1) is 9.33. The van der Waals surface area contributed by atoms with Crippen molar-refractivity contribution in [2.75, 3.05) is 19.8 Å². The Hall–Kier alpha value is -0.380. The van der Waals surface area contributed by atoms with E-state index in [0.717, 1.165) is 32.1 Å². The lowest BCUT2D eigenvalue weighted by molar-refractivity contribution is 0.0539. The molecule has 2 rings (SSSR count). The fourth-order valence-electron chi connectivity index (χ4n) is 2.79. The molecule has 0 amide bonds. The van der Waals surface area contributed by atoms with Gasteiger partial charge in [-0.15, -0.1) is 11.3 Å². The molecule has 0 spiro atoms. The molecule has 1 N–H and O–H groups in total. The van der Waals surface area contributed by atoms with Crippen LogP contribution in [0.25, 0.3) is 0 Å². The molecule has 1 fully saturated rings. The van der Waals surface area contributed by atoms with Crippen LogP contribution in [0.15, 0.2) is 12.1 Å². The van der Waals surface area contributed by atoms with Gasteiger partial charge in [0.05, 0.1) is 0 Å². The number of ether oxygens (including phenoxy) is 1. The van der Waals surface area contributed by atoms with Crippen molar-refractivity contribution in [3.63, 3.8) is 0 Å². The van der Waals surface area contributed by atoms with Gasteiger partial charge in [0.15, 0.2) is 0 Å². The summed E-state index contributed by atoms with van der Waals surface area (Å²) in [5.41, 5.74) is 0. The Labute approximate surface area is 121 Å². The number of aryl methyl sites for hydroxylation is 1. The Balaban J connectivity index is 1.95. The zero-order chi connectivity index (χ0) is 13.5. The number of rotatable bonds is 7. The van der Waals surface area contributed by atoms with Gasteiger partial charge < -0.3 is 10.1 Å². The van der Waals surface area contributed by atoms with Crippen molar-refractivity contribution >= 4 is 11.3 Å². The molecular formula is C16H27NOS. The Morgan fingerprint density at radius 2 is 2.00 bits per heavy atom. The van der Waals surface area contributed by atoms with Crippen LogP contribution in [0.4, 0.5) is 0 Å². The molecule has 1 aromatic heterocycles. The second kappa shape index (κ2) is 8.03. The van der Waals surface area contributed by atoms with E-state index < -0.39 is 0 Å². The molecule has 1 aromatic rings. The fraction of sp³-hybridized carbons (Fsp3) is 0.750. The largest absolute Gasteiger partial charge is 0.381 e. The molecule has 0 radical (unpaired) electrons. The molecule has 1 aliphatic rings. The summed E-state index contributed by atoms with van der Waals surface area (Å²) in [4.78, 5) is 3.05. The number of hydrogen-bond donors (Lipinski definition) is 1. The van der Waals surface area contributed by atoms with Crippen LogP contribution in [0.3, 0.4) is 0 Å². The predicted octanol–water partition coefficient (Wildman–Crippen LogP) is 3.65. The monoisotopic (exact) mass is 281 g/mol. The fourth-order valence-corrected chi connectivity index (χ4v) is 3.81. The smallest absolute Gasteiger partial charge is 0.0469 e. The van der Waals surface area contributed by atoms with Gasteiger partial charge in [0.1, 0.15) is 0 Å². The molecule has 0 bridgehead atoms. The summed E-state index contributed by atoms with van der Waals surface area (Å²) in [6, 6.07) is 5.25. The van der Waals surface area contributed by atoms with Crippen LogP contribution in [0.2, 0.25) is 0 Å². The minimum atomic E-state index is 0.632. The van der Waals surface area contributed by atoms with Crippen LogP contribution in [0.1, 0.15) is 42.9 Å². The molecule has 2 nitrogen and oxygen atoms in total. The number of thiophene rings is 1. The predicted molar refractivity (Wildman–Crippen MR) is 83.0 cm³/mol. The molecular weight excluding hydrogens is 254 g/mol. The molecule has 1 atom stereocenters. The van der Waals surface area contributed by atoms with E-state index in [0.29, 0.717) is 6.04 Å². The van der Waals surface area contributed by atoms with Crippen LogP contribution in [-0.2, 0) is 17.6 Å². The Bertz CT molecular complexity index is 357. The second-order valence-corrected chi connectivity index (χ2v) is 6.69. The van der Waals surface area contributed by atoms with Crippen molar-refractivity contribution in [1.82, 2.24) is 5.32 Å².